The molecule has 9 heteroatoms. The van der Waals surface area contributed by atoms with Gasteiger partial charge in [0, 0.05) is 55.8 Å². The smallest absolute Gasteiger partial charge is 0.307 e. The standard InChI is InChI=1S/C33H40N4O4S/c1-21-7-10-29(41-19-26-9-8-23(16-22(26)2)31(38)36-13-11-35(3)12-14-36)27(15-21)28-20-42-33(34-28)37-17-24-5-4-6-25(18-37)30(24)32(39)40/h7-10,15-16,20,24-25,30H,4-6,11-14,17-19H2,1-3H3,(H,39,40)/t24-,25+,30+. The molecule has 2 bridgehead atoms. The fourth-order valence-corrected chi connectivity index (χ4v) is 7.68. The maximum absolute atomic E-state index is 13.0. The molecule has 3 heterocycles. The van der Waals surface area contributed by atoms with Gasteiger partial charge in [-0.3, -0.25) is 9.59 Å². The number of aliphatic carboxylic acids is 1. The van der Waals surface area contributed by atoms with Crippen molar-refractivity contribution in [3.05, 3.63) is 64.0 Å². The third kappa shape index (κ3) is 5.90. The Morgan fingerprint density at radius 2 is 1.76 bits per heavy atom. The van der Waals surface area contributed by atoms with Gasteiger partial charge in [0.25, 0.3) is 5.91 Å². The Morgan fingerprint density at radius 1 is 1.02 bits per heavy atom. The lowest BCUT2D eigenvalue weighted by molar-refractivity contribution is -0.148. The topological polar surface area (TPSA) is 86.2 Å². The van der Waals surface area contributed by atoms with Crippen LogP contribution in [0.1, 0.15) is 46.3 Å². The van der Waals surface area contributed by atoms with Gasteiger partial charge >= 0.3 is 5.97 Å². The van der Waals surface area contributed by atoms with Crippen LogP contribution in [0.2, 0.25) is 0 Å². The minimum atomic E-state index is -0.641. The zero-order valence-electron chi connectivity index (χ0n) is 24.7. The van der Waals surface area contributed by atoms with E-state index in [2.05, 4.69) is 41.3 Å². The number of fused-ring (bicyclic) bond motifs is 2. The van der Waals surface area contributed by atoms with E-state index in [4.69, 9.17) is 9.72 Å². The first-order valence-electron chi connectivity index (χ1n) is 15.0. The van der Waals surface area contributed by atoms with Crippen molar-refractivity contribution >= 4 is 28.3 Å². The maximum Gasteiger partial charge on any atom is 0.307 e. The number of aryl methyl sites for hydroxylation is 2. The van der Waals surface area contributed by atoms with Gasteiger partial charge in [-0.25, -0.2) is 4.98 Å². The van der Waals surface area contributed by atoms with Gasteiger partial charge in [-0.1, -0.05) is 24.1 Å². The van der Waals surface area contributed by atoms with Gasteiger partial charge < -0.3 is 24.5 Å². The summed E-state index contributed by atoms with van der Waals surface area (Å²) in [5, 5.41) is 12.8. The second-order valence-corrected chi connectivity index (χ2v) is 13.1. The molecule has 2 aliphatic heterocycles. The SMILES string of the molecule is Cc1ccc(OCc2ccc(C(=O)N3CCN(C)CC3)cc2C)c(-c2csc(N3C[C@H]4CCC[C@@H](C3)[C@H]4C(=O)O)n2)c1. The van der Waals surface area contributed by atoms with Crippen LogP contribution in [0, 0.1) is 31.6 Å². The number of carbonyl (C=O) groups excluding carboxylic acids is 1. The minimum absolute atomic E-state index is 0.0923. The summed E-state index contributed by atoms with van der Waals surface area (Å²) >= 11 is 1.62. The number of thiazole rings is 1. The third-order valence-electron chi connectivity index (χ3n) is 9.30. The molecule has 0 spiro atoms. The highest BCUT2D eigenvalue weighted by Crippen LogP contribution is 2.43. The Hall–Kier alpha value is -3.43. The predicted octanol–water partition coefficient (Wildman–Crippen LogP) is 5.33. The van der Waals surface area contributed by atoms with Gasteiger partial charge in [0.2, 0.25) is 0 Å². The number of benzene rings is 2. The number of aromatic nitrogens is 1. The van der Waals surface area contributed by atoms with Crippen LogP contribution in [0.4, 0.5) is 5.13 Å². The first-order chi connectivity index (χ1) is 20.3. The molecule has 3 aromatic rings. The summed E-state index contributed by atoms with van der Waals surface area (Å²) in [4.78, 5) is 36.5. The van der Waals surface area contributed by atoms with E-state index in [-0.39, 0.29) is 23.7 Å². The number of likely N-dealkylation sites (N-methyl/N-ethyl adjacent to an activating group) is 1. The monoisotopic (exact) mass is 588 g/mol. The summed E-state index contributed by atoms with van der Waals surface area (Å²) in [7, 11) is 2.09. The molecule has 1 saturated carbocycles. The summed E-state index contributed by atoms with van der Waals surface area (Å²) in [5.41, 5.74) is 5.77. The molecular formula is C33H40N4O4S. The molecule has 1 aromatic heterocycles. The van der Waals surface area contributed by atoms with Crippen molar-refractivity contribution in [3.8, 4) is 17.0 Å². The van der Waals surface area contributed by atoms with Crippen LogP contribution in [-0.4, -0.2) is 78.1 Å². The van der Waals surface area contributed by atoms with E-state index in [1.807, 2.05) is 36.1 Å². The fourth-order valence-electron chi connectivity index (χ4n) is 6.84. The van der Waals surface area contributed by atoms with Crippen molar-refractivity contribution < 1.29 is 19.4 Å². The van der Waals surface area contributed by atoms with Crippen molar-refractivity contribution in [1.29, 1.82) is 0 Å². The molecule has 3 atom stereocenters. The lowest BCUT2D eigenvalue weighted by Gasteiger charge is -2.45. The molecule has 222 valence electrons. The quantitative estimate of drug-likeness (QED) is 0.399. The van der Waals surface area contributed by atoms with Gasteiger partial charge in [-0.2, -0.15) is 0 Å². The predicted molar refractivity (Wildman–Crippen MR) is 165 cm³/mol. The van der Waals surface area contributed by atoms with Crippen molar-refractivity contribution in [2.75, 3.05) is 51.2 Å². The molecule has 2 saturated heterocycles. The average molecular weight is 589 g/mol. The summed E-state index contributed by atoms with van der Waals surface area (Å²) < 4.78 is 6.38. The first-order valence-corrected chi connectivity index (χ1v) is 15.9. The number of carbonyl (C=O) groups is 2. The van der Waals surface area contributed by atoms with Crippen LogP contribution in [0.25, 0.3) is 11.3 Å². The van der Waals surface area contributed by atoms with Gasteiger partial charge in [0.15, 0.2) is 5.13 Å². The van der Waals surface area contributed by atoms with Crippen LogP contribution < -0.4 is 9.64 Å². The van der Waals surface area contributed by atoms with E-state index in [0.29, 0.717) is 6.61 Å². The number of amides is 1. The number of carboxylic acids is 1. The number of piperazine rings is 1. The Labute approximate surface area is 251 Å². The zero-order valence-corrected chi connectivity index (χ0v) is 25.5. The second-order valence-electron chi connectivity index (χ2n) is 12.3. The van der Waals surface area contributed by atoms with Gasteiger partial charge in [-0.05, 0) is 81.0 Å². The summed E-state index contributed by atoms with van der Waals surface area (Å²) in [5.74, 6) is 0.370. The van der Waals surface area contributed by atoms with Gasteiger partial charge in [0.1, 0.15) is 12.4 Å². The largest absolute Gasteiger partial charge is 0.488 e. The maximum atomic E-state index is 13.0. The van der Waals surface area contributed by atoms with Crippen molar-refractivity contribution in [2.45, 2.75) is 39.7 Å². The minimum Gasteiger partial charge on any atom is -0.488 e. The molecule has 0 radical (unpaired) electrons. The normalized spacial score (nSPS) is 22.7. The average Bonchev–Trinajstić information content (AvgIpc) is 3.46. The van der Waals surface area contributed by atoms with E-state index in [9.17, 15) is 14.7 Å². The summed E-state index contributed by atoms with van der Waals surface area (Å²) in [6.45, 7) is 9.33. The molecule has 6 rings (SSSR count). The number of anilines is 1. The van der Waals surface area contributed by atoms with Gasteiger partial charge in [0.05, 0.1) is 11.6 Å². The molecule has 3 fully saturated rings. The van der Waals surface area contributed by atoms with Crippen molar-refractivity contribution in [1.82, 2.24) is 14.8 Å². The van der Waals surface area contributed by atoms with E-state index in [0.717, 1.165) is 103 Å². The van der Waals surface area contributed by atoms with Crippen LogP contribution in [0.3, 0.4) is 0 Å². The number of rotatable bonds is 7. The van der Waals surface area contributed by atoms with Gasteiger partial charge in [-0.15, -0.1) is 11.3 Å². The highest BCUT2D eigenvalue weighted by Gasteiger charge is 2.44. The Morgan fingerprint density at radius 3 is 2.45 bits per heavy atom. The Balaban J connectivity index is 1.15. The molecule has 3 aliphatic rings. The summed E-state index contributed by atoms with van der Waals surface area (Å²) in [6, 6.07) is 12.1. The number of nitrogens with zero attached hydrogens (tertiary/aromatic N) is 4. The highest BCUT2D eigenvalue weighted by atomic mass is 32.1. The fraction of sp³-hybridized carbons (Fsp3) is 0.485. The highest BCUT2D eigenvalue weighted by molar-refractivity contribution is 7.14. The van der Waals surface area contributed by atoms with Crippen molar-refractivity contribution in [3.63, 3.8) is 0 Å². The Bertz CT molecular complexity index is 1450. The molecule has 2 aromatic carbocycles. The molecule has 1 amide bonds. The first kappa shape index (κ1) is 28.7. The Kier molecular flexibility index (Phi) is 8.23. The molecule has 1 aliphatic carbocycles. The molecule has 1 N–H and O–H groups in total. The van der Waals surface area contributed by atoms with E-state index in [1.165, 1.54) is 0 Å². The zero-order chi connectivity index (χ0) is 29.4. The van der Waals surface area contributed by atoms with Crippen LogP contribution in [-0.2, 0) is 11.4 Å². The molecule has 42 heavy (non-hydrogen) atoms. The number of hydrogen-bond acceptors (Lipinski definition) is 7. The van der Waals surface area contributed by atoms with Crippen LogP contribution in [0.15, 0.2) is 41.8 Å². The van der Waals surface area contributed by atoms with E-state index in [1.54, 1.807) is 11.3 Å². The number of ether oxygens (including phenoxy) is 1. The molecule has 0 unspecified atom stereocenters. The van der Waals surface area contributed by atoms with Crippen molar-refractivity contribution in [2.24, 2.45) is 17.8 Å². The molecular weight excluding hydrogens is 548 g/mol. The molecule has 8 nitrogen and oxygen atoms in total. The summed E-state index contributed by atoms with van der Waals surface area (Å²) in [6.07, 6.45) is 3.07. The third-order valence-corrected chi connectivity index (χ3v) is 10.2. The number of hydrogen-bond donors (Lipinski definition) is 1. The van der Waals surface area contributed by atoms with Crippen LogP contribution >= 0.6 is 11.3 Å². The van der Waals surface area contributed by atoms with Crippen LogP contribution in [0.5, 0.6) is 5.75 Å². The number of piperidine rings is 1. The lowest BCUT2D eigenvalue weighted by atomic mass is 9.69. The van der Waals surface area contributed by atoms with E-state index < -0.39 is 5.97 Å². The van der Waals surface area contributed by atoms with E-state index >= 15 is 0 Å². The second kappa shape index (κ2) is 12.1. The number of carboxylic acid groups (broad SMARTS) is 1. The lowest BCUT2D eigenvalue weighted by Crippen LogP contribution is -2.51.